The van der Waals surface area contributed by atoms with E-state index in [4.69, 9.17) is 0 Å². The van der Waals surface area contributed by atoms with Crippen LogP contribution in [-0.2, 0) is 0 Å². The maximum absolute atomic E-state index is 3.68. The molecule has 0 radical (unpaired) electrons. The molecule has 0 aliphatic carbocycles. The molecule has 2 aliphatic heterocycles. The fraction of sp³-hybridized carbons (Fsp3) is 1.00. The third-order valence-corrected chi connectivity index (χ3v) is 4.08. The molecule has 2 saturated heterocycles. The van der Waals surface area contributed by atoms with Crippen molar-refractivity contribution in [3.63, 3.8) is 0 Å². The Balaban J connectivity index is 1.87. The Bertz CT molecular complexity index is 221. The van der Waals surface area contributed by atoms with E-state index in [0.717, 1.165) is 6.04 Å². The lowest BCUT2D eigenvalue weighted by Gasteiger charge is -2.34. The molecule has 2 heterocycles. The first-order valence-corrected chi connectivity index (χ1v) is 6.73. The summed E-state index contributed by atoms with van der Waals surface area (Å²) >= 11 is 0. The molecule has 2 aliphatic rings. The Morgan fingerprint density at radius 1 is 1.38 bits per heavy atom. The zero-order valence-electron chi connectivity index (χ0n) is 11.1. The van der Waals surface area contributed by atoms with Crippen molar-refractivity contribution in [2.24, 2.45) is 0 Å². The summed E-state index contributed by atoms with van der Waals surface area (Å²) in [5.74, 6) is 0. The van der Waals surface area contributed by atoms with Gasteiger partial charge in [-0.05, 0) is 59.8 Å². The molecule has 16 heavy (non-hydrogen) atoms. The molecule has 2 atom stereocenters. The highest BCUT2D eigenvalue weighted by atomic mass is 15.2. The van der Waals surface area contributed by atoms with Crippen LogP contribution in [-0.4, -0.2) is 61.7 Å². The SMILES string of the molecule is CN(C)CC1CCCN1CC1(C)CCCN1. The van der Waals surface area contributed by atoms with Crippen LogP contribution in [0.1, 0.15) is 32.6 Å². The van der Waals surface area contributed by atoms with Gasteiger partial charge in [0, 0.05) is 24.7 Å². The molecule has 3 nitrogen and oxygen atoms in total. The van der Waals surface area contributed by atoms with Gasteiger partial charge in [0.15, 0.2) is 0 Å². The zero-order chi connectivity index (χ0) is 11.6. The first-order valence-electron chi connectivity index (χ1n) is 6.73. The lowest BCUT2D eigenvalue weighted by Crippen LogP contribution is -2.50. The summed E-state index contributed by atoms with van der Waals surface area (Å²) in [6, 6.07) is 0.786. The molecule has 2 unspecified atom stereocenters. The van der Waals surface area contributed by atoms with E-state index in [1.807, 2.05) is 0 Å². The fourth-order valence-electron chi connectivity index (χ4n) is 3.27. The van der Waals surface area contributed by atoms with Gasteiger partial charge in [0.25, 0.3) is 0 Å². The summed E-state index contributed by atoms with van der Waals surface area (Å²) in [6.07, 6.45) is 5.46. The summed E-state index contributed by atoms with van der Waals surface area (Å²) in [5.41, 5.74) is 0.384. The lowest BCUT2D eigenvalue weighted by molar-refractivity contribution is 0.164. The van der Waals surface area contributed by atoms with Gasteiger partial charge in [0.2, 0.25) is 0 Å². The van der Waals surface area contributed by atoms with E-state index >= 15 is 0 Å². The summed E-state index contributed by atoms with van der Waals surface area (Å²) in [5, 5.41) is 3.68. The Hall–Kier alpha value is -0.120. The molecule has 0 bridgehead atoms. The van der Waals surface area contributed by atoms with Gasteiger partial charge in [-0.25, -0.2) is 0 Å². The van der Waals surface area contributed by atoms with Crippen molar-refractivity contribution < 1.29 is 0 Å². The van der Waals surface area contributed by atoms with Crippen molar-refractivity contribution in [2.45, 2.75) is 44.2 Å². The van der Waals surface area contributed by atoms with Crippen molar-refractivity contribution in [3.05, 3.63) is 0 Å². The van der Waals surface area contributed by atoms with Gasteiger partial charge >= 0.3 is 0 Å². The molecule has 3 heteroatoms. The van der Waals surface area contributed by atoms with Gasteiger partial charge in [-0.3, -0.25) is 4.90 Å². The summed E-state index contributed by atoms with van der Waals surface area (Å²) < 4.78 is 0. The normalized spacial score (nSPS) is 36.4. The van der Waals surface area contributed by atoms with Crippen molar-refractivity contribution >= 4 is 0 Å². The van der Waals surface area contributed by atoms with Gasteiger partial charge in [-0.15, -0.1) is 0 Å². The van der Waals surface area contributed by atoms with E-state index in [-0.39, 0.29) is 0 Å². The molecular formula is C13H27N3. The van der Waals surface area contributed by atoms with E-state index in [1.165, 1.54) is 51.9 Å². The van der Waals surface area contributed by atoms with Crippen LogP contribution in [0.25, 0.3) is 0 Å². The summed E-state index contributed by atoms with van der Waals surface area (Å²) in [7, 11) is 4.37. The molecule has 0 amide bonds. The fourth-order valence-corrected chi connectivity index (χ4v) is 3.27. The van der Waals surface area contributed by atoms with E-state index < -0.39 is 0 Å². The minimum absolute atomic E-state index is 0.384. The molecule has 1 N–H and O–H groups in total. The van der Waals surface area contributed by atoms with Crippen LogP contribution in [0.5, 0.6) is 0 Å². The molecule has 0 aromatic rings. The highest BCUT2D eigenvalue weighted by molar-refractivity contribution is 4.94. The topological polar surface area (TPSA) is 18.5 Å². The first kappa shape index (κ1) is 12.3. The van der Waals surface area contributed by atoms with E-state index in [9.17, 15) is 0 Å². The number of nitrogens with zero attached hydrogens (tertiary/aromatic N) is 2. The maximum atomic E-state index is 3.68. The molecule has 94 valence electrons. The number of hydrogen-bond donors (Lipinski definition) is 1. The third kappa shape index (κ3) is 2.96. The van der Waals surface area contributed by atoms with Gasteiger partial charge in [-0.2, -0.15) is 0 Å². The molecule has 0 aromatic heterocycles. The highest BCUT2D eigenvalue weighted by Crippen LogP contribution is 2.25. The second-order valence-corrected chi connectivity index (χ2v) is 6.12. The molecule has 2 fully saturated rings. The molecule has 0 saturated carbocycles. The van der Waals surface area contributed by atoms with Crippen molar-refractivity contribution in [1.29, 1.82) is 0 Å². The van der Waals surface area contributed by atoms with Gasteiger partial charge < -0.3 is 10.2 Å². The number of nitrogens with one attached hydrogen (secondary N) is 1. The average Bonchev–Trinajstić information content (AvgIpc) is 2.77. The van der Waals surface area contributed by atoms with Crippen LogP contribution < -0.4 is 5.32 Å². The smallest absolute Gasteiger partial charge is 0.0281 e. The largest absolute Gasteiger partial charge is 0.310 e. The Labute approximate surface area is 100 Å². The van der Waals surface area contributed by atoms with E-state index in [2.05, 4.69) is 36.1 Å². The van der Waals surface area contributed by atoms with E-state index in [0.29, 0.717) is 5.54 Å². The minimum atomic E-state index is 0.384. The number of rotatable bonds is 4. The first-order chi connectivity index (χ1) is 7.59. The van der Waals surface area contributed by atoms with Crippen LogP contribution in [0.3, 0.4) is 0 Å². The summed E-state index contributed by atoms with van der Waals surface area (Å²) in [6.45, 7) is 7.37. The molecular weight excluding hydrogens is 198 g/mol. The minimum Gasteiger partial charge on any atom is -0.310 e. The van der Waals surface area contributed by atoms with Crippen molar-refractivity contribution in [3.8, 4) is 0 Å². The van der Waals surface area contributed by atoms with Gasteiger partial charge in [-0.1, -0.05) is 0 Å². The second kappa shape index (κ2) is 5.03. The van der Waals surface area contributed by atoms with Crippen LogP contribution >= 0.6 is 0 Å². The monoisotopic (exact) mass is 225 g/mol. The quantitative estimate of drug-likeness (QED) is 0.774. The van der Waals surface area contributed by atoms with Gasteiger partial charge in [0.05, 0.1) is 0 Å². The number of likely N-dealkylation sites (N-methyl/N-ethyl adjacent to an activating group) is 1. The summed E-state index contributed by atoms with van der Waals surface area (Å²) in [4.78, 5) is 5.03. The number of hydrogen-bond acceptors (Lipinski definition) is 3. The van der Waals surface area contributed by atoms with Crippen molar-refractivity contribution in [1.82, 2.24) is 15.1 Å². The molecule has 0 aromatic carbocycles. The van der Waals surface area contributed by atoms with Crippen LogP contribution in [0.2, 0.25) is 0 Å². The standard InChI is InChI=1S/C13H27N3/c1-13(7-5-8-14-13)11-16-9-4-6-12(16)10-15(2)3/h12,14H,4-11H2,1-3H3. The predicted octanol–water partition coefficient (Wildman–Crippen LogP) is 1.15. The second-order valence-electron chi connectivity index (χ2n) is 6.12. The zero-order valence-corrected chi connectivity index (χ0v) is 11.1. The highest BCUT2D eigenvalue weighted by Gasteiger charge is 2.34. The van der Waals surface area contributed by atoms with E-state index in [1.54, 1.807) is 0 Å². The Morgan fingerprint density at radius 2 is 2.19 bits per heavy atom. The lowest BCUT2D eigenvalue weighted by atomic mass is 9.99. The van der Waals surface area contributed by atoms with Crippen LogP contribution in [0, 0.1) is 0 Å². The molecule has 0 spiro atoms. The van der Waals surface area contributed by atoms with Crippen LogP contribution in [0.4, 0.5) is 0 Å². The molecule has 2 rings (SSSR count). The predicted molar refractivity (Wildman–Crippen MR) is 68.8 cm³/mol. The Morgan fingerprint density at radius 3 is 2.81 bits per heavy atom. The maximum Gasteiger partial charge on any atom is 0.0281 e. The average molecular weight is 225 g/mol. The third-order valence-electron chi connectivity index (χ3n) is 4.08. The Kier molecular flexibility index (Phi) is 3.88. The van der Waals surface area contributed by atoms with Gasteiger partial charge in [0.1, 0.15) is 0 Å². The number of likely N-dealkylation sites (tertiary alicyclic amines) is 1. The van der Waals surface area contributed by atoms with Crippen molar-refractivity contribution in [2.75, 3.05) is 40.3 Å². The van der Waals surface area contributed by atoms with Crippen LogP contribution in [0.15, 0.2) is 0 Å².